The Kier molecular flexibility index (Phi) is 5.66. The second kappa shape index (κ2) is 7.49. The molecule has 1 aromatic carbocycles. The Bertz CT molecular complexity index is 537. The molecule has 1 aliphatic rings. The van der Waals surface area contributed by atoms with Crippen molar-refractivity contribution in [3.05, 3.63) is 41.5 Å². The van der Waals surface area contributed by atoms with Gasteiger partial charge in [0.05, 0.1) is 0 Å². The minimum atomic E-state index is -0.660. The zero-order valence-electron chi connectivity index (χ0n) is 13.1. The average Bonchev–Trinajstić information content (AvgIpc) is 2.46. The summed E-state index contributed by atoms with van der Waals surface area (Å²) < 4.78 is 27.1. The number of piperidine rings is 1. The van der Waals surface area contributed by atoms with Crippen LogP contribution in [0.4, 0.5) is 8.78 Å². The standard InChI is InChI=1S/C17H22F2N2O/c1-20(2)12-13-6-3-4-11-21(13)17(22)10-9-14-15(18)7-5-8-16(14)19/h5,7-10,13H,3-4,6,11-12H2,1-2H3. The first kappa shape index (κ1) is 16.6. The van der Waals surface area contributed by atoms with Crippen LogP contribution in [0.15, 0.2) is 24.3 Å². The van der Waals surface area contributed by atoms with Crippen molar-refractivity contribution >= 4 is 12.0 Å². The van der Waals surface area contributed by atoms with Crippen molar-refractivity contribution in [2.75, 3.05) is 27.2 Å². The Morgan fingerprint density at radius 1 is 1.32 bits per heavy atom. The van der Waals surface area contributed by atoms with Crippen molar-refractivity contribution in [2.45, 2.75) is 25.3 Å². The molecule has 2 rings (SSSR count). The zero-order valence-corrected chi connectivity index (χ0v) is 13.1. The molecule has 0 radical (unpaired) electrons. The van der Waals surface area contributed by atoms with Crippen molar-refractivity contribution in [1.82, 2.24) is 9.80 Å². The summed E-state index contributed by atoms with van der Waals surface area (Å²) in [6.07, 6.45) is 5.54. The Balaban J connectivity index is 2.11. The van der Waals surface area contributed by atoms with Crippen LogP contribution >= 0.6 is 0 Å². The van der Waals surface area contributed by atoms with Crippen LogP contribution in [0, 0.1) is 11.6 Å². The molecule has 3 nitrogen and oxygen atoms in total. The van der Waals surface area contributed by atoms with Gasteiger partial charge in [-0.05, 0) is 51.6 Å². The van der Waals surface area contributed by atoms with Gasteiger partial charge in [-0.15, -0.1) is 0 Å². The van der Waals surface area contributed by atoms with E-state index in [-0.39, 0.29) is 17.5 Å². The highest BCUT2D eigenvalue weighted by Gasteiger charge is 2.25. The van der Waals surface area contributed by atoms with Crippen molar-refractivity contribution in [2.24, 2.45) is 0 Å². The number of likely N-dealkylation sites (N-methyl/N-ethyl adjacent to an activating group) is 1. The van der Waals surface area contributed by atoms with Crippen LogP contribution < -0.4 is 0 Å². The maximum atomic E-state index is 13.6. The maximum Gasteiger partial charge on any atom is 0.246 e. The molecule has 1 amide bonds. The van der Waals surface area contributed by atoms with Crippen LogP contribution in [0.2, 0.25) is 0 Å². The molecule has 22 heavy (non-hydrogen) atoms. The van der Waals surface area contributed by atoms with E-state index < -0.39 is 11.6 Å². The Morgan fingerprint density at radius 2 is 2.00 bits per heavy atom. The number of rotatable bonds is 4. The van der Waals surface area contributed by atoms with E-state index in [0.717, 1.165) is 25.8 Å². The van der Waals surface area contributed by atoms with Gasteiger partial charge in [-0.2, -0.15) is 0 Å². The summed E-state index contributed by atoms with van der Waals surface area (Å²) in [5.74, 6) is -1.51. The molecule has 0 aromatic heterocycles. The third-order valence-corrected chi connectivity index (χ3v) is 3.88. The molecule has 1 unspecified atom stereocenters. The second-order valence-corrected chi connectivity index (χ2v) is 5.91. The van der Waals surface area contributed by atoms with Gasteiger partial charge in [0.2, 0.25) is 5.91 Å². The third kappa shape index (κ3) is 4.13. The number of benzene rings is 1. The number of amides is 1. The van der Waals surface area contributed by atoms with Gasteiger partial charge in [-0.25, -0.2) is 8.78 Å². The highest BCUT2D eigenvalue weighted by molar-refractivity contribution is 5.92. The van der Waals surface area contributed by atoms with E-state index in [2.05, 4.69) is 4.90 Å². The van der Waals surface area contributed by atoms with E-state index in [0.29, 0.717) is 6.54 Å². The smallest absolute Gasteiger partial charge is 0.246 e. The zero-order chi connectivity index (χ0) is 16.1. The van der Waals surface area contributed by atoms with Crippen LogP contribution in [-0.4, -0.2) is 48.9 Å². The molecular formula is C17H22F2N2O. The monoisotopic (exact) mass is 308 g/mol. The second-order valence-electron chi connectivity index (χ2n) is 5.91. The number of hydrogen-bond donors (Lipinski definition) is 0. The van der Waals surface area contributed by atoms with Crippen molar-refractivity contribution < 1.29 is 13.6 Å². The fraction of sp³-hybridized carbons (Fsp3) is 0.471. The van der Waals surface area contributed by atoms with Gasteiger partial charge in [-0.1, -0.05) is 6.07 Å². The van der Waals surface area contributed by atoms with E-state index in [9.17, 15) is 13.6 Å². The van der Waals surface area contributed by atoms with E-state index in [1.807, 2.05) is 14.1 Å². The van der Waals surface area contributed by atoms with Crippen molar-refractivity contribution in [3.63, 3.8) is 0 Å². The van der Waals surface area contributed by atoms with Gasteiger partial charge in [0.25, 0.3) is 0 Å². The van der Waals surface area contributed by atoms with Gasteiger partial charge in [-0.3, -0.25) is 4.79 Å². The summed E-state index contributed by atoms with van der Waals surface area (Å²) in [6, 6.07) is 3.83. The highest BCUT2D eigenvalue weighted by atomic mass is 19.1. The van der Waals surface area contributed by atoms with Crippen molar-refractivity contribution in [1.29, 1.82) is 0 Å². The van der Waals surface area contributed by atoms with Crippen LogP contribution in [0.25, 0.3) is 6.08 Å². The first-order valence-electron chi connectivity index (χ1n) is 7.56. The Morgan fingerprint density at radius 3 is 2.64 bits per heavy atom. The topological polar surface area (TPSA) is 23.6 Å². The minimum absolute atomic E-state index is 0.159. The van der Waals surface area contributed by atoms with E-state index >= 15 is 0 Å². The predicted molar refractivity (Wildman–Crippen MR) is 83.3 cm³/mol. The lowest BCUT2D eigenvalue weighted by Crippen LogP contribution is -2.47. The van der Waals surface area contributed by atoms with Crippen LogP contribution in [0.5, 0.6) is 0 Å². The molecule has 1 aliphatic heterocycles. The van der Waals surface area contributed by atoms with Crippen LogP contribution in [0.3, 0.4) is 0 Å². The number of carbonyl (C=O) groups is 1. The summed E-state index contributed by atoms with van der Waals surface area (Å²) in [4.78, 5) is 16.2. The molecular weight excluding hydrogens is 286 g/mol. The molecule has 1 aromatic rings. The number of likely N-dealkylation sites (tertiary alicyclic amines) is 1. The summed E-state index contributed by atoms with van der Waals surface area (Å²) in [6.45, 7) is 1.50. The van der Waals surface area contributed by atoms with Gasteiger partial charge in [0.15, 0.2) is 0 Å². The molecule has 1 atom stereocenters. The molecule has 120 valence electrons. The number of nitrogens with zero attached hydrogens (tertiary/aromatic N) is 2. The fourth-order valence-electron chi connectivity index (χ4n) is 2.82. The average molecular weight is 308 g/mol. The molecule has 1 heterocycles. The predicted octanol–water partition coefficient (Wildman–Crippen LogP) is 2.92. The van der Waals surface area contributed by atoms with Crippen LogP contribution in [0.1, 0.15) is 24.8 Å². The maximum absolute atomic E-state index is 13.6. The quantitative estimate of drug-likeness (QED) is 0.799. The highest BCUT2D eigenvalue weighted by Crippen LogP contribution is 2.19. The van der Waals surface area contributed by atoms with Gasteiger partial charge < -0.3 is 9.80 Å². The molecule has 1 fully saturated rings. The molecule has 1 saturated heterocycles. The lowest BCUT2D eigenvalue weighted by molar-refractivity contribution is -0.129. The summed E-state index contributed by atoms with van der Waals surface area (Å²) in [7, 11) is 3.95. The first-order valence-corrected chi connectivity index (χ1v) is 7.56. The molecule has 0 aliphatic carbocycles. The fourth-order valence-corrected chi connectivity index (χ4v) is 2.82. The number of hydrogen-bond acceptors (Lipinski definition) is 2. The first-order chi connectivity index (χ1) is 10.5. The summed E-state index contributed by atoms with van der Waals surface area (Å²) in [5.41, 5.74) is -0.169. The SMILES string of the molecule is CN(C)CC1CCCCN1C(=O)C=Cc1c(F)cccc1F. The Hall–Kier alpha value is -1.75. The van der Waals surface area contributed by atoms with E-state index in [1.165, 1.54) is 30.4 Å². The molecule has 5 heteroatoms. The normalized spacial score (nSPS) is 19.1. The van der Waals surface area contributed by atoms with Crippen LogP contribution in [-0.2, 0) is 4.79 Å². The molecule has 0 N–H and O–H groups in total. The number of carbonyl (C=O) groups excluding carboxylic acids is 1. The van der Waals surface area contributed by atoms with Crippen molar-refractivity contribution in [3.8, 4) is 0 Å². The van der Waals surface area contributed by atoms with Gasteiger partial charge >= 0.3 is 0 Å². The number of halogens is 2. The summed E-state index contributed by atoms with van der Waals surface area (Å²) >= 11 is 0. The molecule has 0 bridgehead atoms. The van der Waals surface area contributed by atoms with Gasteiger partial charge in [0, 0.05) is 30.8 Å². The largest absolute Gasteiger partial charge is 0.335 e. The van der Waals surface area contributed by atoms with E-state index in [1.54, 1.807) is 4.90 Å². The lowest BCUT2D eigenvalue weighted by atomic mass is 10.0. The van der Waals surface area contributed by atoms with E-state index in [4.69, 9.17) is 0 Å². The Labute approximate surface area is 130 Å². The molecule has 0 saturated carbocycles. The molecule has 0 spiro atoms. The lowest BCUT2D eigenvalue weighted by Gasteiger charge is -2.36. The minimum Gasteiger partial charge on any atom is -0.335 e. The third-order valence-electron chi connectivity index (χ3n) is 3.88. The summed E-state index contributed by atoms with van der Waals surface area (Å²) in [5, 5.41) is 0. The van der Waals surface area contributed by atoms with Gasteiger partial charge in [0.1, 0.15) is 11.6 Å².